The highest BCUT2D eigenvalue weighted by Crippen LogP contribution is 2.58. The van der Waals surface area contributed by atoms with Gasteiger partial charge >= 0.3 is 12.1 Å². The Labute approximate surface area is 228 Å². The summed E-state index contributed by atoms with van der Waals surface area (Å²) in [6.07, 6.45) is -4.56. The minimum Gasteiger partial charge on any atom is -0.491 e. The third-order valence-electron chi connectivity index (χ3n) is 8.29. The van der Waals surface area contributed by atoms with Crippen molar-refractivity contribution in [3.8, 4) is 17.2 Å². The fraction of sp³-hybridized carbons (Fsp3) is 0.219. The van der Waals surface area contributed by atoms with Gasteiger partial charge in [0.1, 0.15) is 31.1 Å². The molecule has 3 aliphatic heterocycles. The zero-order chi connectivity index (χ0) is 27.7. The van der Waals surface area contributed by atoms with Crippen LogP contribution in [0.3, 0.4) is 0 Å². The van der Waals surface area contributed by atoms with E-state index in [4.69, 9.17) is 14.2 Å². The summed E-state index contributed by atoms with van der Waals surface area (Å²) in [7, 11) is 0. The highest BCUT2D eigenvalue weighted by Gasteiger charge is 2.67. The van der Waals surface area contributed by atoms with Crippen molar-refractivity contribution in [2.24, 2.45) is 0 Å². The van der Waals surface area contributed by atoms with Crippen LogP contribution in [0.25, 0.3) is 0 Å². The zero-order valence-corrected chi connectivity index (χ0v) is 21.6. The summed E-state index contributed by atoms with van der Waals surface area (Å²) in [4.78, 5) is 15.1. The SMILES string of the molecule is Cc1ccc(C[N+]2(Cc3ccccc3C(F)(F)F)C(=O)C3(COc4cc5c(cc43)OCO5)c3ccccc32)cc1. The van der Waals surface area contributed by atoms with E-state index < -0.39 is 17.2 Å². The number of quaternary nitrogens is 1. The lowest BCUT2D eigenvalue weighted by Gasteiger charge is -2.34. The third kappa shape index (κ3) is 3.48. The molecule has 1 amide bonds. The van der Waals surface area contributed by atoms with Crippen molar-refractivity contribution in [3.05, 3.63) is 118 Å². The molecule has 3 heterocycles. The quantitative estimate of drug-likeness (QED) is 0.269. The van der Waals surface area contributed by atoms with Crippen LogP contribution in [0.2, 0.25) is 0 Å². The van der Waals surface area contributed by atoms with E-state index in [2.05, 4.69) is 0 Å². The molecule has 0 fully saturated rings. The van der Waals surface area contributed by atoms with E-state index in [1.54, 1.807) is 18.2 Å². The van der Waals surface area contributed by atoms with Gasteiger partial charge < -0.3 is 14.2 Å². The molecule has 0 saturated carbocycles. The number of alkyl halides is 3. The van der Waals surface area contributed by atoms with Crippen molar-refractivity contribution in [2.75, 3.05) is 13.4 Å². The highest BCUT2D eigenvalue weighted by atomic mass is 19.4. The number of hydrogen-bond acceptors (Lipinski definition) is 4. The van der Waals surface area contributed by atoms with Crippen LogP contribution in [0.5, 0.6) is 17.2 Å². The van der Waals surface area contributed by atoms with Crippen LogP contribution in [0.1, 0.15) is 33.4 Å². The number of carbonyl (C=O) groups excluding carboxylic acids is 1. The molecule has 0 saturated heterocycles. The average Bonchev–Trinajstić information content (AvgIpc) is 3.61. The van der Waals surface area contributed by atoms with E-state index in [0.29, 0.717) is 28.5 Å². The van der Waals surface area contributed by atoms with Crippen LogP contribution in [0.4, 0.5) is 18.9 Å². The largest absolute Gasteiger partial charge is 0.491 e. The predicted molar refractivity (Wildman–Crippen MR) is 142 cm³/mol. The summed E-state index contributed by atoms with van der Waals surface area (Å²) in [5, 5.41) is 0. The number of ether oxygens (including phenoxy) is 3. The first kappa shape index (κ1) is 24.7. The highest BCUT2D eigenvalue weighted by molar-refractivity contribution is 6.08. The van der Waals surface area contributed by atoms with Crippen molar-refractivity contribution in [3.63, 3.8) is 0 Å². The third-order valence-corrected chi connectivity index (χ3v) is 8.29. The van der Waals surface area contributed by atoms with E-state index in [1.807, 2.05) is 55.5 Å². The molecule has 40 heavy (non-hydrogen) atoms. The number of para-hydroxylation sites is 1. The van der Waals surface area contributed by atoms with Gasteiger partial charge in [0.05, 0.1) is 5.56 Å². The molecule has 3 aliphatic rings. The molecule has 2 unspecified atom stereocenters. The molecule has 7 rings (SSSR count). The number of halogens is 3. The zero-order valence-electron chi connectivity index (χ0n) is 21.6. The fourth-order valence-corrected chi connectivity index (χ4v) is 6.44. The Hall–Kier alpha value is -4.30. The molecule has 202 valence electrons. The van der Waals surface area contributed by atoms with Crippen molar-refractivity contribution >= 4 is 11.6 Å². The smallest absolute Gasteiger partial charge is 0.416 e. The van der Waals surface area contributed by atoms with Crippen molar-refractivity contribution in [1.29, 1.82) is 0 Å². The molecule has 4 aromatic carbocycles. The number of hydrogen-bond donors (Lipinski definition) is 0. The van der Waals surface area contributed by atoms with E-state index in [0.717, 1.165) is 22.8 Å². The first-order chi connectivity index (χ1) is 19.2. The van der Waals surface area contributed by atoms with Crippen molar-refractivity contribution in [2.45, 2.75) is 31.6 Å². The Bertz CT molecular complexity index is 1670. The Balaban J connectivity index is 1.47. The first-order valence-corrected chi connectivity index (χ1v) is 13.0. The van der Waals surface area contributed by atoms with Gasteiger partial charge in [0.25, 0.3) is 0 Å². The number of benzene rings is 4. The van der Waals surface area contributed by atoms with E-state index >= 15 is 4.79 Å². The lowest BCUT2D eigenvalue weighted by atomic mass is 9.77. The lowest BCUT2D eigenvalue weighted by molar-refractivity contribution is -0.140. The Morgan fingerprint density at radius 3 is 2.27 bits per heavy atom. The standard InChI is InChI=1S/C32H25F3NO4/c1-20-10-12-21(13-11-20)16-36(17-22-6-2-3-7-23(22)32(33,34)35)26-9-5-4-8-24(26)31(30(36)37)18-38-27-15-29-28(14-25(27)31)39-19-40-29/h2-15H,16-19H2,1H3/q+1. The number of rotatable bonds is 4. The van der Waals surface area contributed by atoms with Gasteiger partial charge in [-0.1, -0.05) is 66.2 Å². The second-order valence-electron chi connectivity index (χ2n) is 10.6. The average molecular weight is 545 g/mol. The number of amides is 1. The van der Waals surface area contributed by atoms with Gasteiger partial charge in [-0.2, -0.15) is 13.2 Å². The second-order valence-corrected chi connectivity index (χ2v) is 10.6. The minimum absolute atomic E-state index is 0.0376. The van der Waals surface area contributed by atoms with Crippen LogP contribution >= 0.6 is 0 Å². The molecule has 1 spiro atoms. The van der Waals surface area contributed by atoms with Gasteiger partial charge in [-0.15, -0.1) is 0 Å². The summed E-state index contributed by atoms with van der Waals surface area (Å²) >= 11 is 0. The van der Waals surface area contributed by atoms with Crippen molar-refractivity contribution in [1.82, 2.24) is 4.48 Å². The molecule has 5 nitrogen and oxygen atoms in total. The Morgan fingerprint density at radius 2 is 1.50 bits per heavy atom. The lowest BCUT2D eigenvalue weighted by Crippen LogP contribution is -2.56. The first-order valence-electron chi connectivity index (χ1n) is 13.0. The van der Waals surface area contributed by atoms with Crippen LogP contribution in [-0.4, -0.2) is 19.3 Å². The summed E-state index contributed by atoms with van der Waals surface area (Å²) in [5.74, 6) is 1.33. The van der Waals surface area contributed by atoms with Gasteiger partial charge in [0.15, 0.2) is 16.9 Å². The maximum atomic E-state index is 15.1. The molecule has 0 aromatic heterocycles. The number of carbonyl (C=O) groups is 1. The molecular weight excluding hydrogens is 519 g/mol. The summed E-state index contributed by atoms with van der Waals surface area (Å²) in [6.45, 7) is 2.09. The van der Waals surface area contributed by atoms with Gasteiger partial charge in [-0.3, -0.25) is 0 Å². The van der Waals surface area contributed by atoms with Gasteiger partial charge in [0, 0.05) is 28.3 Å². The number of fused-ring (bicyclic) bond motifs is 5. The van der Waals surface area contributed by atoms with Crippen LogP contribution in [0, 0.1) is 6.92 Å². The fourth-order valence-electron chi connectivity index (χ4n) is 6.44. The summed E-state index contributed by atoms with van der Waals surface area (Å²) in [6, 6.07) is 24.2. The molecule has 8 heteroatoms. The van der Waals surface area contributed by atoms with E-state index in [1.165, 1.54) is 12.1 Å². The predicted octanol–water partition coefficient (Wildman–Crippen LogP) is 6.67. The molecular formula is C32H25F3NO4+. The van der Waals surface area contributed by atoms with E-state index in [-0.39, 0.29) is 42.4 Å². The molecule has 0 aliphatic carbocycles. The Kier molecular flexibility index (Phi) is 5.31. The van der Waals surface area contributed by atoms with Crippen LogP contribution in [-0.2, 0) is 29.5 Å². The monoisotopic (exact) mass is 544 g/mol. The number of nitrogens with zero attached hydrogens (tertiary/aromatic N) is 1. The molecule has 0 bridgehead atoms. The second kappa shape index (κ2) is 8.60. The summed E-state index contributed by atoms with van der Waals surface area (Å²) in [5.41, 5.74) is 2.04. The van der Waals surface area contributed by atoms with Crippen molar-refractivity contribution < 1.29 is 32.2 Å². The topological polar surface area (TPSA) is 44.8 Å². The van der Waals surface area contributed by atoms with Crippen LogP contribution < -0.4 is 18.7 Å². The maximum Gasteiger partial charge on any atom is 0.416 e. The van der Waals surface area contributed by atoms with Crippen LogP contribution in [0.15, 0.2) is 84.9 Å². The van der Waals surface area contributed by atoms with Gasteiger partial charge in [-0.05, 0) is 25.1 Å². The van der Waals surface area contributed by atoms with Gasteiger partial charge in [0.2, 0.25) is 6.79 Å². The minimum atomic E-state index is -4.56. The molecule has 0 radical (unpaired) electrons. The van der Waals surface area contributed by atoms with Gasteiger partial charge in [-0.25, -0.2) is 9.28 Å². The molecule has 0 N–H and O–H groups in total. The maximum absolute atomic E-state index is 15.1. The number of aryl methyl sites for hydroxylation is 1. The summed E-state index contributed by atoms with van der Waals surface area (Å²) < 4.78 is 59.6. The Morgan fingerprint density at radius 1 is 0.800 bits per heavy atom. The molecule has 4 aromatic rings. The normalized spacial score (nSPS) is 22.4. The molecule has 2 atom stereocenters. The van der Waals surface area contributed by atoms with E-state index in [9.17, 15) is 13.2 Å².